The maximum atomic E-state index is 8.88. The Morgan fingerprint density at radius 1 is 1.43 bits per heavy atom. The van der Waals surface area contributed by atoms with Crippen LogP contribution in [0.1, 0.15) is 31.0 Å². The Morgan fingerprint density at radius 3 is 3.00 bits per heavy atom. The largest absolute Gasteiger partial charge is 0.409 e. The van der Waals surface area contributed by atoms with Gasteiger partial charge in [-0.05, 0) is 45.4 Å². The number of aryl methyl sites for hydroxylation is 1. The lowest BCUT2D eigenvalue weighted by Crippen LogP contribution is -2.55. The van der Waals surface area contributed by atoms with E-state index < -0.39 is 0 Å². The Morgan fingerprint density at radius 2 is 2.24 bits per heavy atom. The van der Waals surface area contributed by atoms with Gasteiger partial charge >= 0.3 is 0 Å². The van der Waals surface area contributed by atoms with Crippen LogP contribution in [0.15, 0.2) is 17.3 Å². The summed E-state index contributed by atoms with van der Waals surface area (Å²) in [5.74, 6) is 1.06. The third-order valence-electron chi connectivity index (χ3n) is 4.57. The number of nitrogens with two attached hydrogens (primary N) is 1. The van der Waals surface area contributed by atoms with Crippen LogP contribution in [-0.4, -0.2) is 52.6 Å². The van der Waals surface area contributed by atoms with Gasteiger partial charge in [0.2, 0.25) is 0 Å². The Balaban J connectivity index is 1.90. The monoisotopic (exact) mass is 289 g/mol. The van der Waals surface area contributed by atoms with E-state index in [1.807, 2.05) is 19.1 Å². The molecule has 0 radical (unpaired) electrons. The average Bonchev–Trinajstić information content (AvgIpc) is 2.91. The van der Waals surface area contributed by atoms with Crippen LogP contribution in [0.3, 0.4) is 0 Å². The minimum Gasteiger partial charge on any atom is -0.409 e. The minimum absolute atomic E-state index is 0.133. The van der Waals surface area contributed by atoms with Crippen molar-refractivity contribution in [1.29, 1.82) is 0 Å². The summed E-state index contributed by atoms with van der Waals surface area (Å²) < 4.78 is 0. The lowest BCUT2D eigenvalue weighted by molar-refractivity contribution is 0.202. The number of piperazine rings is 1. The predicted octanol–water partition coefficient (Wildman–Crippen LogP) is 1.16. The summed E-state index contributed by atoms with van der Waals surface area (Å²) in [6.45, 7) is 7.49. The normalized spacial score (nSPS) is 27.0. The first-order chi connectivity index (χ1) is 10.1. The summed E-state index contributed by atoms with van der Waals surface area (Å²) in [5, 5.41) is 12.0. The van der Waals surface area contributed by atoms with Crippen LogP contribution in [-0.2, 0) is 0 Å². The number of pyridine rings is 1. The molecule has 2 fully saturated rings. The molecule has 0 aromatic carbocycles. The van der Waals surface area contributed by atoms with E-state index in [4.69, 9.17) is 10.9 Å². The molecule has 0 amide bonds. The standard InChI is InChI=1S/C15H23N5O/c1-10-6-12(15(16)18-21)7-14(17-10)20-9-13-4-3-5-19(13)8-11(20)2/h6-7,11,13,21H,3-5,8-9H2,1-2H3,(H2,16,18). The molecule has 2 aliphatic heterocycles. The second kappa shape index (κ2) is 5.52. The van der Waals surface area contributed by atoms with Gasteiger partial charge in [0.25, 0.3) is 0 Å². The van der Waals surface area contributed by atoms with Crippen molar-refractivity contribution in [2.45, 2.75) is 38.8 Å². The van der Waals surface area contributed by atoms with E-state index in [1.165, 1.54) is 19.4 Å². The quantitative estimate of drug-likeness (QED) is 0.370. The van der Waals surface area contributed by atoms with Crippen LogP contribution in [0.25, 0.3) is 0 Å². The first-order valence-electron chi connectivity index (χ1n) is 7.55. The number of hydrogen-bond acceptors (Lipinski definition) is 5. The van der Waals surface area contributed by atoms with E-state index in [0.717, 1.165) is 30.2 Å². The van der Waals surface area contributed by atoms with Crippen molar-refractivity contribution in [2.24, 2.45) is 10.9 Å². The fourth-order valence-electron chi connectivity index (χ4n) is 3.51. The topological polar surface area (TPSA) is 78.0 Å². The molecule has 2 saturated heterocycles. The third-order valence-corrected chi connectivity index (χ3v) is 4.57. The van der Waals surface area contributed by atoms with E-state index in [0.29, 0.717) is 12.1 Å². The fraction of sp³-hybridized carbons (Fsp3) is 0.600. The second-order valence-electron chi connectivity index (χ2n) is 6.13. The number of nitrogens with zero attached hydrogens (tertiary/aromatic N) is 4. The van der Waals surface area contributed by atoms with E-state index in [2.05, 4.69) is 26.9 Å². The van der Waals surface area contributed by atoms with Crippen molar-refractivity contribution in [1.82, 2.24) is 9.88 Å². The summed E-state index contributed by atoms with van der Waals surface area (Å²) in [6.07, 6.45) is 2.56. The highest BCUT2D eigenvalue weighted by Crippen LogP contribution is 2.28. The van der Waals surface area contributed by atoms with Crippen LogP contribution in [0.5, 0.6) is 0 Å². The molecule has 3 heterocycles. The van der Waals surface area contributed by atoms with Crippen LogP contribution < -0.4 is 10.6 Å². The zero-order chi connectivity index (χ0) is 15.0. The Hall–Kier alpha value is -1.82. The summed E-state index contributed by atoms with van der Waals surface area (Å²) in [6, 6.07) is 4.82. The van der Waals surface area contributed by atoms with Crippen LogP contribution in [0, 0.1) is 6.92 Å². The molecule has 3 N–H and O–H groups in total. The first-order valence-corrected chi connectivity index (χ1v) is 7.55. The summed E-state index contributed by atoms with van der Waals surface area (Å²) in [5.41, 5.74) is 7.33. The number of oxime groups is 1. The van der Waals surface area contributed by atoms with Crippen molar-refractivity contribution >= 4 is 11.7 Å². The molecule has 0 bridgehead atoms. The van der Waals surface area contributed by atoms with E-state index in [9.17, 15) is 0 Å². The van der Waals surface area contributed by atoms with Gasteiger partial charge in [0.15, 0.2) is 5.84 Å². The predicted molar refractivity (Wildman–Crippen MR) is 82.9 cm³/mol. The summed E-state index contributed by atoms with van der Waals surface area (Å²) in [7, 11) is 0. The van der Waals surface area contributed by atoms with Gasteiger partial charge in [0.05, 0.1) is 0 Å². The number of amidine groups is 1. The molecule has 2 atom stereocenters. The summed E-state index contributed by atoms with van der Waals surface area (Å²) >= 11 is 0. The highest BCUT2D eigenvalue weighted by molar-refractivity contribution is 5.97. The third kappa shape index (κ3) is 2.68. The van der Waals surface area contributed by atoms with Crippen molar-refractivity contribution in [3.8, 4) is 0 Å². The van der Waals surface area contributed by atoms with E-state index >= 15 is 0 Å². The molecule has 3 rings (SSSR count). The Bertz CT molecular complexity index is 559. The number of fused-ring (bicyclic) bond motifs is 1. The van der Waals surface area contributed by atoms with Gasteiger partial charge < -0.3 is 15.8 Å². The van der Waals surface area contributed by atoms with Gasteiger partial charge in [-0.1, -0.05) is 5.16 Å². The van der Waals surface area contributed by atoms with Gasteiger partial charge in [0.1, 0.15) is 5.82 Å². The van der Waals surface area contributed by atoms with Crippen LogP contribution in [0.4, 0.5) is 5.82 Å². The molecular formula is C15H23N5O. The van der Waals surface area contributed by atoms with Gasteiger partial charge in [0, 0.05) is 36.4 Å². The maximum absolute atomic E-state index is 8.88. The SMILES string of the molecule is Cc1cc(/C(N)=N/O)cc(N2CC3CCCN3CC2C)n1. The van der Waals surface area contributed by atoms with Crippen molar-refractivity contribution in [3.63, 3.8) is 0 Å². The van der Waals surface area contributed by atoms with Gasteiger partial charge in [-0.25, -0.2) is 4.98 Å². The zero-order valence-corrected chi connectivity index (χ0v) is 12.7. The van der Waals surface area contributed by atoms with Gasteiger partial charge in [-0.15, -0.1) is 0 Å². The van der Waals surface area contributed by atoms with Gasteiger partial charge in [-0.3, -0.25) is 4.90 Å². The molecular weight excluding hydrogens is 266 g/mol. The molecule has 114 valence electrons. The van der Waals surface area contributed by atoms with Crippen LogP contribution in [0.2, 0.25) is 0 Å². The Kier molecular flexibility index (Phi) is 3.71. The molecule has 21 heavy (non-hydrogen) atoms. The number of hydrogen-bond donors (Lipinski definition) is 2. The molecule has 0 saturated carbocycles. The summed E-state index contributed by atoms with van der Waals surface area (Å²) in [4.78, 5) is 9.59. The maximum Gasteiger partial charge on any atom is 0.170 e. The number of rotatable bonds is 2. The Labute approximate surface area is 125 Å². The molecule has 0 aliphatic carbocycles. The lowest BCUT2D eigenvalue weighted by atomic mass is 10.1. The number of anilines is 1. The highest BCUT2D eigenvalue weighted by atomic mass is 16.4. The molecule has 6 nitrogen and oxygen atoms in total. The highest BCUT2D eigenvalue weighted by Gasteiger charge is 2.35. The van der Waals surface area contributed by atoms with Gasteiger partial charge in [-0.2, -0.15) is 0 Å². The molecule has 2 aliphatic rings. The molecule has 0 spiro atoms. The molecule has 2 unspecified atom stereocenters. The van der Waals surface area contributed by atoms with Crippen molar-refractivity contribution < 1.29 is 5.21 Å². The van der Waals surface area contributed by atoms with E-state index in [-0.39, 0.29) is 5.84 Å². The van der Waals surface area contributed by atoms with Crippen molar-refractivity contribution in [3.05, 3.63) is 23.4 Å². The van der Waals surface area contributed by atoms with E-state index in [1.54, 1.807) is 0 Å². The first kappa shape index (κ1) is 14.1. The van der Waals surface area contributed by atoms with Crippen molar-refractivity contribution in [2.75, 3.05) is 24.5 Å². The zero-order valence-electron chi connectivity index (χ0n) is 12.7. The molecule has 1 aromatic rings. The lowest BCUT2D eigenvalue weighted by Gasteiger charge is -2.43. The smallest absolute Gasteiger partial charge is 0.170 e. The molecule has 6 heteroatoms. The second-order valence-corrected chi connectivity index (χ2v) is 6.13. The minimum atomic E-state index is 0.133. The van der Waals surface area contributed by atoms with Crippen LogP contribution >= 0.6 is 0 Å². The average molecular weight is 289 g/mol. The number of aromatic nitrogens is 1. The molecule has 1 aromatic heterocycles. The fourth-order valence-corrected chi connectivity index (χ4v) is 3.51.